The number of benzene rings is 1. The maximum absolute atomic E-state index is 12.7. The van der Waals surface area contributed by atoms with Gasteiger partial charge in [-0.1, -0.05) is 18.2 Å². The molecule has 0 radical (unpaired) electrons. The first-order valence-electron chi connectivity index (χ1n) is 6.35. The first kappa shape index (κ1) is 13.9. The van der Waals surface area contributed by atoms with Gasteiger partial charge in [0.25, 0.3) is 0 Å². The number of amides is 1. The van der Waals surface area contributed by atoms with Gasteiger partial charge < -0.3 is 5.32 Å². The largest absolute Gasteiger partial charge is 0.352 e. The van der Waals surface area contributed by atoms with Crippen LogP contribution in [-0.4, -0.2) is 17.4 Å². The molecule has 0 aliphatic heterocycles. The van der Waals surface area contributed by atoms with Gasteiger partial charge in [-0.05, 0) is 35.9 Å². The van der Waals surface area contributed by atoms with Gasteiger partial charge in [-0.3, -0.25) is 9.78 Å². The number of carbonyl (C=O) groups excluding carboxylic acids is 1. The van der Waals surface area contributed by atoms with E-state index < -0.39 is 0 Å². The fourth-order valence-corrected chi connectivity index (χ4v) is 1.66. The van der Waals surface area contributed by atoms with E-state index in [9.17, 15) is 9.18 Å². The molecule has 0 aliphatic rings. The molecule has 102 valence electrons. The topological polar surface area (TPSA) is 42.0 Å². The molecular weight excluding hydrogens is 255 g/mol. The van der Waals surface area contributed by atoms with Gasteiger partial charge in [0.1, 0.15) is 5.82 Å². The number of hydrogen-bond acceptors (Lipinski definition) is 2. The van der Waals surface area contributed by atoms with E-state index in [-0.39, 0.29) is 11.7 Å². The highest BCUT2D eigenvalue weighted by Crippen LogP contribution is 2.04. The second-order valence-electron chi connectivity index (χ2n) is 4.25. The van der Waals surface area contributed by atoms with E-state index in [1.54, 1.807) is 24.4 Å². The predicted molar refractivity (Wildman–Crippen MR) is 76.4 cm³/mol. The third-order valence-electron chi connectivity index (χ3n) is 2.70. The smallest absolute Gasteiger partial charge is 0.244 e. The van der Waals surface area contributed by atoms with Crippen LogP contribution in [0.2, 0.25) is 0 Å². The number of rotatable bonds is 5. The molecule has 0 atom stereocenters. The SMILES string of the molecule is O=C(C=Cc1ccc(F)cc1)NCCc1ccccn1. The van der Waals surface area contributed by atoms with E-state index in [0.717, 1.165) is 11.3 Å². The van der Waals surface area contributed by atoms with E-state index >= 15 is 0 Å². The molecule has 0 bridgehead atoms. The maximum Gasteiger partial charge on any atom is 0.244 e. The van der Waals surface area contributed by atoms with Gasteiger partial charge in [-0.2, -0.15) is 0 Å². The van der Waals surface area contributed by atoms with E-state index in [1.807, 2.05) is 18.2 Å². The van der Waals surface area contributed by atoms with Gasteiger partial charge >= 0.3 is 0 Å². The van der Waals surface area contributed by atoms with Crippen LogP contribution < -0.4 is 5.32 Å². The molecule has 0 unspecified atom stereocenters. The third kappa shape index (κ3) is 4.65. The van der Waals surface area contributed by atoms with Gasteiger partial charge in [0.05, 0.1) is 0 Å². The van der Waals surface area contributed by atoms with Gasteiger partial charge in [0, 0.05) is 30.9 Å². The molecule has 4 heteroatoms. The monoisotopic (exact) mass is 270 g/mol. The van der Waals surface area contributed by atoms with Crippen molar-refractivity contribution in [3.8, 4) is 0 Å². The molecule has 3 nitrogen and oxygen atoms in total. The minimum absolute atomic E-state index is 0.176. The molecule has 2 rings (SSSR count). The molecule has 1 heterocycles. The maximum atomic E-state index is 12.7. The van der Waals surface area contributed by atoms with Gasteiger partial charge in [-0.25, -0.2) is 4.39 Å². The quantitative estimate of drug-likeness (QED) is 0.848. The molecule has 1 aromatic heterocycles. The third-order valence-corrected chi connectivity index (χ3v) is 2.70. The molecular formula is C16H15FN2O. The fourth-order valence-electron chi connectivity index (χ4n) is 1.66. The number of hydrogen-bond donors (Lipinski definition) is 1. The van der Waals surface area contributed by atoms with Gasteiger partial charge in [-0.15, -0.1) is 0 Å². The predicted octanol–water partition coefficient (Wildman–Crippen LogP) is 2.59. The Bertz CT molecular complexity index is 579. The Hall–Kier alpha value is -2.49. The summed E-state index contributed by atoms with van der Waals surface area (Å²) in [5.74, 6) is -0.466. The summed E-state index contributed by atoms with van der Waals surface area (Å²) in [6.45, 7) is 0.531. The van der Waals surface area contributed by atoms with Crippen LogP contribution in [0.1, 0.15) is 11.3 Å². The summed E-state index contributed by atoms with van der Waals surface area (Å²) in [6, 6.07) is 11.6. The molecule has 0 spiro atoms. The van der Waals surface area contributed by atoms with Crippen LogP contribution in [0.25, 0.3) is 6.08 Å². The second-order valence-corrected chi connectivity index (χ2v) is 4.25. The Balaban J connectivity index is 1.76. The van der Waals surface area contributed by atoms with Crippen molar-refractivity contribution in [2.24, 2.45) is 0 Å². The summed E-state index contributed by atoms with van der Waals surface area (Å²) in [4.78, 5) is 15.8. The lowest BCUT2D eigenvalue weighted by molar-refractivity contribution is -0.116. The van der Waals surface area contributed by atoms with Crippen molar-refractivity contribution in [1.82, 2.24) is 10.3 Å². The minimum atomic E-state index is -0.290. The Morgan fingerprint density at radius 2 is 2.00 bits per heavy atom. The van der Waals surface area contributed by atoms with Crippen LogP contribution in [0.5, 0.6) is 0 Å². The zero-order valence-corrected chi connectivity index (χ0v) is 10.9. The van der Waals surface area contributed by atoms with Crippen molar-refractivity contribution < 1.29 is 9.18 Å². The van der Waals surface area contributed by atoms with Crippen LogP contribution in [-0.2, 0) is 11.2 Å². The number of carbonyl (C=O) groups is 1. The van der Waals surface area contributed by atoms with Crippen molar-refractivity contribution in [3.05, 3.63) is 71.8 Å². The molecule has 0 saturated heterocycles. The number of pyridine rings is 1. The van der Waals surface area contributed by atoms with Crippen molar-refractivity contribution in [2.75, 3.05) is 6.54 Å². The lowest BCUT2D eigenvalue weighted by Crippen LogP contribution is -2.23. The Morgan fingerprint density at radius 1 is 1.20 bits per heavy atom. The first-order valence-corrected chi connectivity index (χ1v) is 6.35. The van der Waals surface area contributed by atoms with Crippen LogP contribution in [0.4, 0.5) is 4.39 Å². The summed E-state index contributed by atoms with van der Waals surface area (Å²) in [7, 11) is 0. The van der Waals surface area contributed by atoms with E-state index in [4.69, 9.17) is 0 Å². The lowest BCUT2D eigenvalue weighted by Gasteiger charge is -2.01. The average molecular weight is 270 g/mol. The molecule has 0 saturated carbocycles. The van der Waals surface area contributed by atoms with Gasteiger partial charge in [0.2, 0.25) is 5.91 Å². The van der Waals surface area contributed by atoms with Crippen LogP contribution >= 0.6 is 0 Å². The molecule has 1 aromatic carbocycles. The number of halogens is 1. The van der Waals surface area contributed by atoms with E-state index in [1.165, 1.54) is 18.2 Å². The van der Waals surface area contributed by atoms with E-state index in [2.05, 4.69) is 10.3 Å². The van der Waals surface area contributed by atoms with Gasteiger partial charge in [0.15, 0.2) is 0 Å². The summed E-state index contributed by atoms with van der Waals surface area (Å²) in [5.41, 5.74) is 1.72. The van der Waals surface area contributed by atoms with Crippen molar-refractivity contribution in [1.29, 1.82) is 0 Å². The Kier molecular flexibility index (Phi) is 5.00. The van der Waals surface area contributed by atoms with Crippen LogP contribution in [0.3, 0.4) is 0 Å². The molecule has 20 heavy (non-hydrogen) atoms. The normalized spacial score (nSPS) is 10.7. The fraction of sp³-hybridized carbons (Fsp3) is 0.125. The summed E-state index contributed by atoms with van der Waals surface area (Å²) in [5, 5.41) is 2.77. The Labute approximate surface area is 117 Å². The highest BCUT2D eigenvalue weighted by molar-refractivity contribution is 5.91. The highest BCUT2D eigenvalue weighted by Gasteiger charge is 1.97. The lowest BCUT2D eigenvalue weighted by atomic mass is 10.2. The number of aromatic nitrogens is 1. The van der Waals surface area contributed by atoms with E-state index in [0.29, 0.717) is 13.0 Å². The van der Waals surface area contributed by atoms with Crippen molar-refractivity contribution in [3.63, 3.8) is 0 Å². The van der Waals surface area contributed by atoms with Crippen molar-refractivity contribution in [2.45, 2.75) is 6.42 Å². The van der Waals surface area contributed by atoms with Crippen molar-refractivity contribution >= 4 is 12.0 Å². The summed E-state index contributed by atoms with van der Waals surface area (Å²) >= 11 is 0. The standard InChI is InChI=1S/C16H15FN2O/c17-14-7-4-13(5-8-14)6-9-16(20)19-12-10-15-3-1-2-11-18-15/h1-9,11H,10,12H2,(H,19,20). The van der Waals surface area contributed by atoms with Crippen LogP contribution in [0.15, 0.2) is 54.7 Å². The highest BCUT2D eigenvalue weighted by atomic mass is 19.1. The number of nitrogens with one attached hydrogen (secondary N) is 1. The molecule has 1 amide bonds. The molecule has 0 aliphatic carbocycles. The second kappa shape index (κ2) is 7.19. The number of nitrogens with zero attached hydrogens (tertiary/aromatic N) is 1. The summed E-state index contributed by atoms with van der Waals surface area (Å²) in [6.07, 6.45) is 5.50. The molecule has 0 fully saturated rings. The Morgan fingerprint density at radius 3 is 2.70 bits per heavy atom. The zero-order valence-electron chi connectivity index (χ0n) is 10.9. The molecule has 1 N–H and O–H groups in total. The first-order chi connectivity index (χ1) is 9.74. The van der Waals surface area contributed by atoms with Crippen LogP contribution in [0, 0.1) is 5.82 Å². The molecule has 2 aromatic rings. The average Bonchev–Trinajstić information content (AvgIpc) is 2.48. The zero-order chi connectivity index (χ0) is 14.2. The minimum Gasteiger partial charge on any atom is -0.352 e. The summed E-state index contributed by atoms with van der Waals surface area (Å²) < 4.78 is 12.7.